The molecule has 0 fully saturated rings. The van der Waals surface area contributed by atoms with E-state index in [0.29, 0.717) is 34.0 Å². The van der Waals surface area contributed by atoms with Crippen LogP contribution in [0.15, 0.2) is 83.3 Å². The highest BCUT2D eigenvalue weighted by Crippen LogP contribution is 2.52. The summed E-state index contributed by atoms with van der Waals surface area (Å²) in [6.45, 7) is 7.76. The van der Waals surface area contributed by atoms with Crippen molar-refractivity contribution >= 4 is 23.1 Å². The van der Waals surface area contributed by atoms with Crippen LogP contribution in [0.2, 0.25) is 5.02 Å². The number of hydrogen-bond acceptors (Lipinski definition) is 5. The highest BCUT2D eigenvalue weighted by Gasteiger charge is 2.47. The van der Waals surface area contributed by atoms with Gasteiger partial charge in [0.15, 0.2) is 5.78 Å². The molecular weight excluding hydrogens is 575 g/mol. The summed E-state index contributed by atoms with van der Waals surface area (Å²) in [5.41, 5.74) is 8.87. The highest BCUT2D eigenvalue weighted by molar-refractivity contribution is 6.32. The summed E-state index contributed by atoms with van der Waals surface area (Å²) in [5.74, 6) is -0.680. The second-order valence-electron chi connectivity index (χ2n) is 11.9. The number of nitriles is 1. The van der Waals surface area contributed by atoms with Crippen molar-refractivity contribution in [3.05, 3.63) is 116 Å². The van der Waals surface area contributed by atoms with Gasteiger partial charge >= 0.3 is 6.18 Å². The van der Waals surface area contributed by atoms with Crippen LogP contribution in [0.3, 0.4) is 0 Å². The van der Waals surface area contributed by atoms with Crippen molar-refractivity contribution < 1.29 is 22.7 Å². The molecule has 0 radical (unpaired) electrons. The quantitative estimate of drug-likeness (QED) is 0.315. The van der Waals surface area contributed by atoms with Gasteiger partial charge in [-0.3, -0.25) is 9.69 Å². The molecule has 0 amide bonds. The number of carbonyl (C=O) groups excluding carboxylic acids is 1. The predicted molar refractivity (Wildman–Crippen MR) is 160 cm³/mol. The first-order valence-corrected chi connectivity index (χ1v) is 14.2. The smallest absolute Gasteiger partial charge is 0.418 e. The summed E-state index contributed by atoms with van der Waals surface area (Å²) < 4.78 is 48.7. The maximum absolute atomic E-state index is 14.2. The standard InChI is InChI=1S/C34H31ClF3N3O2/c1-19-13-21(18-43-29-12-8-6-10-25(29)35)20(2)22(14-19)30-23(17-39)32(40)41(26-11-7-5-9-24(26)34(36,37)38)27-15-33(3,4)16-28(42)31(27)30/h5-14,30H,15-16,18,40H2,1-4H3. The van der Waals surface area contributed by atoms with Gasteiger partial charge in [-0.25, -0.2) is 0 Å². The fourth-order valence-electron chi connectivity index (χ4n) is 6.13. The van der Waals surface area contributed by atoms with Crippen LogP contribution in [-0.4, -0.2) is 5.78 Å². The van der Waals surface area contributed by atoms with Gasteiger partial charge in [-0.15, -0.1) is 0 Å². The fourth-order valence-corrected chi connectivity index (χ4v) is 6.32. The Morgan fingerprint density at radius 3 is 2.44 bits per heavy atom. The van der Waals surface area contributed by atoms with Gasteiger partial charge in [0.25, 0.3) is 0 Å². The van der Waals surface area contributed by atoms with E-state index in [2.05, 4.69) is 6.07 Å². The fraction of sp³-hybridized carbons (Fsp3) is 0.294. The molecule has 5 rings (SSSR count). The minimum Gasteiger partial charge on any atom is -0.487 e. The second-order valence-corrected chi connectivity index (χ2v) is 12.3. The zero-order chi connectivity index (χ0) is 31.3. The molecule has 3 aromatic carbocycles. The molecule has 5 nitrogen and oxygen atoms in total. The van der Waals surface area contributed by atoms with Crippen molar-refractivity contribution in [1.29, 1.82) is 5.26 Å². The Balaban J connectivity index is 1.72. The third-order valence-electron chi connectivity index (χ3n) is 8.06. The number of aryl methyl sites for hydroxylation is 1. The molecule has 3 aromatic rings. The Labute approximate surface area is 254 Å². The first-order chi connectivity index (χ1) is 20.2. The van der Waals surface area contributed by atoms with Gasteiger partial charge in [0.2, 0.25) is 0 Å². The number of nitrogens with zero attached hydrogens (tertiary/aromatic N) is 2. The van der Waals surface area contributed by atoms with Crippen molar-refractivity contribution in [2.45, 2.75) is 59.2 Å². The average molecular weight is 606 g/mol. The summed E-state index contributed by atoms with van der Waals surface area (Å²) in [7, 11) is 0. The van der Waals surface area contributed by atoms with Crippen LogP contribution >= 0.6 is 11.6 Å². The minimum absolute atomic E-state index is 0.0236. The summed E-state index contributed by atoms with van der Waals surface area (Å²) in [6, 6.07) is 18.2. The minimum atomic E-state index is -4.68. The molecule has 0 saturated heterocycles. The molecule has 1 unspecified atom stereocenters. The third kappa shape index (κ3) is 5.62. The van der Waals surface area contributed by atoms with Crippen LogP contribution in [0, 0.1) is 30.6 Å². The van der Waals surface area contributed by atoms with E-state index in [4.69, 9.17) is 22.1 Å². The van der Waals surface area contributed by atoms with Crippen molar-refractivity contribution in [2.75, 3.05) is 4.90 Å². The van der Waals surface area contributed by atoms with Gasteiger partial charge in [0.05, 0.1) is 33.8 Å². The number of allylic oxidation sites excluding steroid dienone is 3. The first-order valence-electron chi connectivity index (χ1n) is 13.8. The lowest BCUT2D eigenvalue weighted by atomic mass is 9.67. The van der Waals surface area contributed by atoms with Crippen molar-refractivity contribution in [1.82, 2.24) is 0 Å². The number of nitrogens with two attached hydrogens (primary N) is 1. The number of ether oxygens (including phenoxy) is 1. The Bertz CT molecular complexity index is 1730. The SMILES string of the molecule is Cc1cc(COc2ccccc2Cl)c(C)c(C2C(C#N)=C(N)N(c3ccccc3C(F)(F)F)C3=C2C(=O)CC(C)(C)C3)c1. The molecule has 0 spiro atoms. The molecule has 43 heavy (non-hydrogen) atoms. The third-order valence-corrected chi connectivity index (χ3v) is 8.37. The molecule has 1 heterocycles. The van der Waals surface area contributed by atoms with Crippen LogP contribution < -0.4 is 15.4 Å². The number of Topliss-reactive ketones (excluding diaryl/α,β-unsaturated/α-hetero) is 1. The lowest BCUT2D eigenvalue weighted by Gasteiger charge is -2.44. The van der Waals surface area contributed by atoms with E-state index in [0.717, 1.165) is 22.8 Å². The zero-order valence-corrected chi connectivity index (χ0v) is 25.0. The second kappa shape index (κ2) is 11.1. The number of hydrogen-bond donors (Lipinski definition) is 1. The molecule has 0 aromatic heterocycles. The number of alkyl halides is 3. The molecule has 1 aliphatic heterocycles. The number of para-hydroxylation sites is 2. The van der Waals surface area contributed by atoms with Crippen LogP contribution in [0.25, 0.3) is 0 Å². The molecule has 1 aliphatic carbocycles. The molecule has 1 atom stereocenters. The number of benzene rings is 3. The summed E-state index contributed by atoms with van der Waals surface area (Å²) in [6.07, 6.45) is -4.20. The van der Waals surface area contributed by atoms with E-state index in [1.165, 1.54) is 23.1 Å². The molecule has 2 aliphatic rings. The number of ketones is 1. The molecular formula is C34H31ClF3N3O2. The average Bonchev–Trinajstić information content (AvgIpc) is 2.92. The predicted octanol–water partition coefficient (Wildman–Crippen LogP) is 8.50. The maximum Gasteiger partial charge on any atom is 0.418 e. The van der Waals surface area contributed by atoms with Crippen molar-refractivity contribution in [2.24, 2.45) is 11.1 Å². The van der Waals surface area contributed by atoms with E-state index >= 15 is 0 Å². The first kappa shape index (κ1) is 30.2. The van der Waals surface area contributed by atoms with E-state index in [1.807, 2.05) is 45.9 Å². The normalized spacial score (nSPS) is 18.4. The van der Waals surface area contributed by atoms with E-state index in [9.17, 15) is 23.2 Å². The maximum atomic E-state index is 14.2. The Morgan fingerprint density at radius 2 is 1.77 bits per heavy atom. The van der Waals surface area contributed by atoms with Crippen LogP contribution in [-0.2, 0) is 17.6 Å². The van der Waals surface area contributed by atoms with Crippen LogP contribution in [0.4, 0.5) is 18.9 Å². The van der Waals surface area contributed by atoms with Crippen molar-refractivity contribution in [3.8, 4) is 11.8 Å². The molecule has 9 heteroatoms. The highest BCUT2D eigenvalue weighted by atomic mass is 35.5. The van der Waals surface area contributed by atoms with E-state index < -0.39 is 23.1 Å². The van der Waals surface area contributed by atoms with Crippen molar-refractivity contribution in [3.63, 3.8) is 0 Å². The number of rotatable bonds is 5. The van der Waals surface area contributed by atoms with Gasteiger partial charge in [-0.1, -0.05) is 67.4 Å². The number of halogens is 4. The van der Waals surface area contributed by atoms with E-state index in [1.54, 1.807) is 18.2 Å². The summed E-state index contributed by atoms with van der Waals surface area (Å²) in [5, 5.41) is 10.9. The van der Waals surface area contributed by atoms with Crippen LogP contribution in [0.5, 0.6) is 5.75 Å². The van der Waals surface area contributed by atoms with Gasteiger partial charge in [-0.05, 0) is 66.6 Å². The Kier molecular flexibility index (Phi) is 7.82. The lowest BCUT2D eigenvalue weighted by molar-refractivity contribution is -0.137. The van der Waals surface area contributed by atoms with E-state index in [-0.39, 0.29) is 35.9 Å². The van der Waals surface area contributed by atoms with Gasteiger partial charge in [-0.2, -0.15) is 18.4 Å². The Hall–Kier alpha value is -4.22. The lowest BCUT2D eigenvalue weighted by Crippen LogP contribution is -2.42. The molecule has 0 bridgehead atoms. The summed E-state index contributed by atoms with van der Waals surface area (Å²) in [4.78, 5) is 15.2. The number of carbonyl (C=O) groups is 1. The van der Waals surface area contributed by atoms with Gasteiger partial charge in [0.1, 0.15) is 18.2 Å². The molecule has 0 saturated carbocycles. The monoisotopic (exact) mass is 605 g/mol. The number of anilines is 1. The Morgan fingerprint density at radius 1 is 1.09 bits per heavy atom. The topological polar surface area (TPSA) is 79.3 Å². The molecule has 2 N–H and O–H groups in total. The van der Waals surface area contributed by atoms with Gasteiger partial charge in [0, 0.05) is 17.7 Å². The van der Waals surface area contributed by atoms with Crippen LogP contribution in [0.1, 0.15) is 60.4 Å². The largest absolute Gasteiger partial charge is 0.487 e. The van der Waals surface area contributed by atoms with Gasteiger partial charge < -0.3 is 10.5 Å². The molecule has 222 valence electrons. The summed E-state index contributed by atoms with van der Waals surface area (Å²) >= 11 is 6.29. The zero-order valence-electron chi connectivity index (χ0n) is 24.3.